The summed E-state index contributed by atoms with van der Waals surface area (Å²) in [5.74, 6) is -0.0613. The van der Waals surface area contributed by atoms with E-state index in [4.69, 9.17) is 5.10 Å². The summed E-state index contributed by atoms with van der Waals surface area (Å²) in [7, 11) is 0. The van der Waals surface area contributed by atoms with Gasteiger partial charge < -0.3 is 5.32 Å². The number of nitrogens with zero attached hydrogens (tertiary/aromatic N) is 4. The van der Waals surface area contributed by atoms with Crippen molar-refractivity contribution >= 4 is 12.0 Å². The zero-order valence-electron chi connectivity index (χ0n) is 21.3. The predicted octanol–water partition coefficient (Wildman–Crippen LogP) is 5.10. The molecule has 6 nitrogen and oxygen atoms in total. The zero-order valence-corrected chi connectivity index (χ0v) is 21.3. The molecule has 0 aliphatic carbocycles. The molecule has 188 valence electrons. The molecule has 0 radical (unpaired) electrons. The van der Waals surface area contributed by atoms with Crippen molar-refractivity contribution in [3.05, 3.63) is 114 Å². The van der Waals surface area contributed by atoms with Crippen molar-refractivity contribution in [2.24, 2.45) is 0 Å². The molecule has 2 aromatic carbocycles. The molecule has 3 heterocycles. The molecule has 0 saturated carbocycles. The van der Waals surface area contributed by atoms with Crippen molar-refractivity contribution in [3.8, 4) is 11.3 Å². The van der Waals surface area contributed by atoms with E-state index in [2.05, 4.69) is 64.6 Å². The molecule has 1 amide bonds. The second kappa shape index (κ2) is 11.8. The molecule has 1 fully saturated rings. The van der Waals surface area contributed by atoms with Gasteiger partial charge in [-0.2, -0.15) is 5.10 Å². The van der Waals surface area contributed by atoms with Crippen LogP contribution in [0, 0.1) is 6.92 Å². The summed E-state index contributed by atoms with van der Waals surface area (Å²) in [6.45, 7) is 5.52. The number of carbonyl (C=O) groups is 1. The Bertz CT molecular complexity index is 1320. The van der Waals surface area contributed by atoms with Crippen LogP contribution >= 0.6 is 0 Å². The van der Waals surface area contributed by atoms with E-state index in [0.29, 0.717) is 6.54 Å². The molecule has 1 saturated heterocycles. The lowest BCUT2D eigenvalue weighted by Gasteiger charge is -2.31. The van der Waals surface area contributed by atoms with Crippen molar-refractivity contribution in [1.82, 2.24) is 25.0 Å². The predicted molar refractivity (Wildman–Crippen MR) is 148 cm³/mol. The molecule has 0 atom stereocenters. The minimum absolute atomic E-state index is 0.0613. The lowest BCUT2D eigenvalue weighted by Crippen LogP contribution is -2.43. The van der Waals surface area contributed by atoms with E-state index >= 15 is 0 Å². The highest BCUT2D eigenvalue weighted by Crippen LogP contribution is 2.24. The van der Waals surface area contributed by atoms with Crippen LogP contribution in [0.4, 0.5) is 0 Å². The molecular formula is C31H33N5O. The van der Waals surface area contributed by atoms with Crippen LogP contribution in [0.1, 0.15) is 35.2 Å². The number of benzene rings is 2. The second-order valence-electron chi connectivity index (χ2n) is 9.70. The summed E-state index contributed by atoms with van der Waals surface area (Å²) in [6, 6.07) is 24.8. The topological polar surface area (TPSA) is 63.1 Å². The van der Waals surface area contributed by atoms with Crippen LogP contribution in [0.25, 0.3) is 17.3 Å². The molecule has 1 aliphatic heterocycles. The van der Waals surface area contributed by atoms with Crippen LogP contribution in [0.15, 0.2) is 91.3 Å². The maximum Gasteiger partial charge on any atom is 0.244 e. The first-order valence-electron chi connectivity index (χ1n) is 12.9. The van der Waals surface area contributed by atoms with Gasteiger partial charge >= 0.3 is 0 Å². The fraction of sp³-hybridized carbons (Fsp3) is 0.258. The van der Waals surface area contributed by atoms with Crippen molar-refractivity contribution in [2.45, 2.75) is 38.9 Å². The Balaban J connectivity index is 1.23. The van der Waals surface area contributed by atoms with E-state index in [1.165, 1.54) is 11.1 Å². The molecule has 2 aromatic heterocycles. The molecule has 1 aliphatic rings. The standard InChI is InChI=1S/C31H33N5O/c1-24-10-12-26(13-11-24)31-27(22-36(34-31)21-25-7-3-2-4-8-25)14-15-30(37)33-28-16-19-35(20-17-28)23-29-9-5-6-18-32-29/h2-15,18,22,28H,16-17,19-21,23H2,1H3,(H,33,37). The Labute approximate surface area is 218 Å². The molecule has 5 rings (SSSR count). The van der Waals surface area contributed by atoms with Crippen LogP contribution in [-0.4, -0.2) is 44.7 Å². The zero-order chi connectivity index (χ0) is 25.5. The van der Waals surface area contributed by atoms with Gasteiger partial charge in [-0.05, 0) is 43.5 Å². The first-order chi connectivity index (χ1) is 18.1. The van der Waals surface area contributed by atoms with Gasteiger partial charge in [-0.3, -0.25) is 19.4 Å². The Morgan fingerprint density at radius 3 is 2.46 bits per heavy atom. The van der Waals surface area contributed by atoms with Gasteiger partial charge in [0.15, 0.2) is 0 Å². The van der Waals surface area contributed by atoms with Crippen molar-refractivity contribution in [2.75, 3.05) is 13.1 Å². The number of aryl methyl sites for hydroxylation is 1. The first kappa shape index (κ1) is 24.7. The normalized spacial score (nSPS) is 14.7. The molecule has 0 spiro atoms. The number of hydrogen-bond acceptors (Lipinski definition) is 4. The minimum atomic E-state index is -0.0613. The quantitative estimate of drug-likeness (QED) is 0.349. The smallest absolute Gasteiger partial charge is 0.244 e. The van der Waals surface area contributed by atoms with E-state index < -0.39 is 0 Å². The van der Waals surface area contributed by atoms with Gasteiger partial charge in [0, 0.05) is 55.3 Å². The maximum atomic E-state index is 12.8. The third-order valence-corrected chi connectivity index (χ3v) is 6.76. The van der Waals surface area contributed by atoms with Crippen molar-refractivity contribution in [3.63, 3.8) is 0 Å². The number of pyridine rings is 1. The van der Waals surface area contributed by atoms with Crippen molar-refractivity contribution in [1.29, 1.82) is 0 Å². The first-order valence-corrected chi connectivity index (χ1v) is 12.9. The Morgan fingerprint density at radius 2 is 1.73 bits per heavy atom. The van der Waals surface area contributed by atoms with E-state index in [9.17, 15) is 4.79 Å². The number of rotatable bonds is 8. The fourth-order valence-electron chi connectivity index (χ4n) is 4.72. The summed E-state index contributed by atoms with van der Waals surface area (Å²) in [4.78, 5) is 19.6. The number of likely N-dealkylation sites (tertiary alicyclic amines) is 1. The molecular weight excluding hydrogens is 458 g/mol. The monoisotopic (exact) mass is 491 g/mol. The van der Waals surface area contributed by atoms with Gasteiger partial charge in [0.1, 0.15) is 0 Å². The lowest BCUT2D eigenvalue weighted by molar-refractivity contribution is -0.117. The average molecular weight is 492 g/mol. The molecule has 4 aromatic rings. The number of amides is 1. The largest absolute Gasteiger partial charge is 0.350 e. The van der Waals surface area contributed by atoms with Crippen LogP contribution in [0.3, 0.4) is 0 Å². The van der Waals surface area contributed by atoms with Gasteiger partial charge in [0.2, 0.25) is 5.91 Å². The third kappa shape index (κ3) is 6.80. The van der Waals surface area contributed by atoms with Crippen molar-refractivity contribution < 1.29 is 4.79 Å². The van der Waals surface area contributed by atoms with Gasteiger partial charge in [-0.25, -0.2) is 0 Å². The highest BCUT2D eigenvalue weighted by atomic mass is 16.1. The molecule has 37 heavy (non-hydrogen) atoms. The molecule has 6 heteroatoms. The molecule has 0 bridgehead atoms. The van der Waals surface area contributed by atoms with E-state index in [1.807, 2.05) is 53.5 Å². The van der Waals surface area contributed by atoms with E-state index in [1.54, 1.807) is 6.08 Å². The SMILES string of the molecule is Cc1ccc(-c2nn(Cc3ccccc3)cc2C=CC(=O)NC2CCN(Cc3ccccn3)CC2)cc1. The van der Waals surface area contributed by atoms with E-state index in [0.717, 1.165) is 55.0 Å². The highest BCUT2D eigenvalue weighted by Gasteiger charge is 2.20. The number of hydrogen-bond donors (Lipinski definition) is 1. The summed E-state index contributed by atoms with van der Waals surface area (Å²) >= 11 is 0. The summed E-state index contributed by atoms with van der Waals surface area (Å²) in [6.07, 6.45) is 9.26. The lowest BCUT2D eigenvalue weighted by atomic mass is 10.0. The number of carbonyl (C=O) groups excluding carboxylic acids is 1. The summed E-state index contributed by atoms with van der Waals surface area (Å²) in [5.41, 5.74) is 6.32. The summed E-state index contributed by atoms with van der Waals surface area (Å²) < 4.78 is 1.94. The fourth-order valence-corrected chi connectivity index (χ4v) is 4.72. The van der Waals surface area contributed by atoms with Gasteiger partial charge in [-0.1, -0.05) is 66.2 Å². The number of nitrogens with one attached hydrogen (secondary N) is 1. The Morgan fingerprint density at radius 1 is 0.973 bits per heavy atom. The number of aromatic nitrogens is 3. The van der Waals surface area contributed by atoms with E-state index in [-0.39, 0.29) is 11.9 Å². The summed E-state index contributed by atoms with van der Waals surface area (Å²) in [5, 5.41) is 8.06. The van der Waals surface area contributed by atoms with Gasteiger partial charge in [0.05, 0.1) is 17.9 Å². The second-order valence-corrected chi connectivity index (χ2v) is 9.70. The Hall–Kier alpha value is -4.03. The van der Waals surface area contributed by atoms with Gasteiger partial charge in [0.25, 0.3) is 0 Å². The highest BCUT2D eigenvalue weighted by molar-refractivity contribution is 5.93. The Kier molecular flexibility index (Phi) is 7.87. The minimum Gasteiger partial charge on any atom is -0.350 e. The number of piperidine rings is 1. The third-order valence-electron chi connectivity index (χ3n) is 6.76. The van der Waals surface area contributed by atoms with Crippen LogP contribution in [0.5, 0.6) is 0 Å². The van der Waals surface area contributed by atoms with Crippen LogP contribution in [0.2, 0.25) is 0 Å². The van der Waals surface area contributed by atoms with Gasteiger partial charge in [-0.15, -0.1) is 0 Å². The maximum absolute atomic E-state index is 12.8. The molecule has 0 unspecified atom stereocenters. The van der Waals surface area contributed by atoms with Crippen LogP contribution in [-0.2, 0) is 17.9 Å². The molecule has 1 N–H and O–H groups in total. The van der Waals surface area contributed by atoms with Crippen LogP contribution < -0.4 is 5.32 Å². The average Bonchev–Trinajstić information content (AvgIpc) is 3.32.